The van der Waals surface area contributed by atoms with E-state index in [9.17, 15) is 0 Å². The van der Waals surface area contributed by atoms with E-state index in [4.69, 9.17) is 9.97 Å². The molecule has 3 heterocycles. The first kappa shape index (κ1) is 38.9. The zero-order valence-electron chi connectivity index (χ0n) is 38.4. The summed E-state index contributed by atoms with van der Waals surface area (Å²) in [4.78, 5) is 10.8. The van der Waals surface area contributed by atoms with Crippen LogP contribution in [0.5, 0.6) is 0 Å². The van der Waals surface area contributed by atoms with Gasteiger partial charge in [-0.2, -0.15) is 0 Å². The van der Waals surface area contributed by atoms with Crippen LogP contribution in [-0.2, 0) is 10.8 Å². The van der Waals surface area contributed by atoms with E-state index in [1.54, 1.807) is 0 Å². The fraction of sp³-hybridized carbons (Fsp3) is 0.0938. The van der Waals surface area contributed by atoms with Gasteiger partial charge >= 0.3 is 0 Å². The largest absolute Gasteiger partial charge is 0.309 e. The summed E-state index contributed by atoms with van der Waals surface area (Å²) in [7, 11) is 0. The third-order valence-corrected chi connectivity index (χ3v) is 15.3. The van der Waals surface area contributed by atoms with Crippen molar-refractivity contribution in [2.75, 3.05) is 0 Å². The Hall–Kier alpha value is -8.34. The second-order valence-electron chi connectivity index (χ2n) is 19.8. The van der Waals surface area contributed by atoms with E-state index in [1.807, 2.05) is 0 Å². The van der Waals surface area contributed by atoms with Crippen molar-refractivity contribution in [1.82, 2.24) is 19.1 Å². The maximum Gasteiger partial charge on any atom is 0.235 e. The SMILES string of the molecule is CC1(C)c2ccccc2-c2cc3c4cc(-c5ccc6c(c5)c5cc7c(cc5n6-c5nc(-c6ccccc6)cc(-c6ccccc6)n5)C(C)(C)c5ccccc5-7)ccc4n(-c4ccccc4)c3cc21. The minimum atomic E-state index is -0.180. The summed E-state index contributed by atoms with van der Waals surface area (Å²) < 4.78 is 4.76. The van der Waals surface area contributed by atoms with Gasteiger partial charge in [0.25, 0.3) is 0 Å². The van der Waals surface area contributed by atoms with Gasteiger partial charge in [0, 0.05) is 49.2 Å². The quantitative estimate of drug-likeness (QED) is 0.173. The van der Waals surface area contributed by atoms with Crippen molar-refractivity contribution >= 4 is 43.6 Å². The van der Waals surface area contributed by atoms with E-state index in [0.29, 0.717) is 5.95 Å². The number of nitrogens with zero attached hydrogens (tertiary/aromatic N) is 4. The Morgan fingerprint density at radius 1 is 0.309 bits per heavy atom. The standard InChI is InChI=1S/C64H46N4/c1-63(2)52-26-16-14-24-44(52)46-34-50-48-32-41(28-30-58(48)67(60(50)36-54(46)63)43-22-12-7-13-23-43)42-29-31-59-49(33-42)51-35-47-45-25-15-17-27-53(45)64(3,4)55(47)37-61(51)68(59)62-65-56(39-18-8-5-9-19-39)38-57(66-62)40-20-10-6-11-21-40/h5-38H,1-4H3. The number of hydrogen-bond acceptors (Lipinski definition) is 2. The molecule has 0 N–H and O–H groups in total. The number of fused-ring (bicyclic) bond motifs is 12. The third kappa shape index (κ3) is 5.49. The minimum Gasteiger partial charge on any atom is -0.309 e. The van der Waals surface area contributed by atoms with Crippen LogP contribution >= 0.6 is 0 Å². The first-order chi connectivity index (χ1) is 33.2. The molecule has 0 atom stereocenters. The lowest BCUT2D eigenvalue weighted by Crippen LogP contribution is -2.15. The van der Waals surface area contributed by atoms with Crippen LogP contribution in [0.25, 0.3) is 111 Å². The molecule has 4 nitrogen and oxygen atoms in total. The molecule has 3 aromatic heterocycles. The first-order valence-corrected chi connectivity index (χ1v) is 23.7. The topological polar surface area (TPSA) is 35.6 Å². The smallest absolute Gasteiger partial charge is 0.235 e. The van der Waals surface area contributed by atoms with Gasteiger partial charge < -0.3 is 4.57 Å². The zero-order chi connectivity index (χ0) is 45.5. The van der Waals surface area contributed by atoms with E-state index in [2.05, 4.69) is 243 Å². The van der Waals surface area contributed by atoms with E-state index in [0.717, 1.165) is 44.8 Å². The van der Waals surface area contributed by atoms with Gasteiger partial charge in [-0.3, -0.25) is 4.57 Å². The number of benzene rings is 9. The number of para-hydroxylation sites is 1. The average Bonchev–Trinajstić information content (AvgIpc) is 4.03. The van der Waals surface area contributed by atoms with Crippen LogP contribution in [0.15, 0.2) is 206 Å². The molecule has 2 aliphatic rings. The lowest BCUT2D eigenvalue weighted by Gasteiger charge is -2.21. The van der Waals surface area contributed by atoms with Crippen molar-refractivity contribution in [3.8, 4) is 67.5 Å². The summed E-state index contributed by atoms with van der Waals surface area (Å²) in [5.41, 5.74) is 22.4. The Morgan fingerprint density at radius 3 is 1.22 bits per heavy atom. The van der Waals surface area contributed by atoms with Gasteiger partial charge in [0.05, 0.1) is 33.5 Å². The number of aromatic nitrogens is 4. The molecule has 0 aliphatic heterocycles. The molecule has 0 spiro atoms. The lowest BCUT2D eigenvalue weighted by molar-refractivity contribution is 0.661. The molecule has 0 fully saturated rings. The third-order valence-electron chi connectivity index (χ3n) is 15.3. The molecule has 0 amide bonds. The van der Waals surface area contributed by atoms with E-state index < -0.39 is 0 Å². The molecule has 322 valence electrons. The van der Waals surface area contributed by atoms with Crippen LogP contribution < -0.4 is 0 Å². The van der Waals surface area contributed by atoms with Gasteiger partial charge in [-0.1, -0.05) is 167 Å². The van der Waals surface area contributed by atoms with Crippen LogP contribution in [-0.4, -0.2) is 19.1 Å². The molecular formula is C64H46N4. The monoisotopic (exact) mass is 870 g/mol. The molecule has 9 aromatic carbocycles. The predicted octanol–water partition coefficient (Wildman–Crippen LogP) is 16.3. The molecule has 68 heavy (non-hydrogen) atoms. The number of rotatable bonds is 5. The van der Waals surface area contributed by atoms with Crippen molar-refractivity contribution < 1.29 is 0 Å². The van der Waals surface area contributed by atoms with Crippen LogP contribution in [0.3, 0.4) is 0 Å². The molecule has 12 aromatic rings. The van der Waals surface area contributed by atoms with Gasteiger partial charge in [0.15, 0.2) is 0 Å². The fourth-order valence-electron chi connectivity index (χ4n) is 11.9. The summed E-state index contributed by atoms with van der Waals surface area (Å²) in [6.45, 7) is 9.44. The van der Waals surface area contributed by atoms with E-state index >= 15 is 0 Å². The Labute approximate surface area is 395 Å². The average molecular weight is 871 g/mol. The molecule has 2 aliphatic carbocycles. The van der Waals surface area contributed by atoms with Crippen molar-refractivity contribution in [2.45, 2.75) is 38.5 Å². The van der Waals surface area contributed by atoms with Gasteiger partial charge in [-0.25, -0.2) is 9.97 Å². The second kappa shape index (κ2) is 14.1. The maximum atomic E-state index is 5.41. The van der Waals surface area contributed by atoms with Crippen molar-refractivity contribution in [3.05, 3.63) is 229 Å². The van der Waals surface area contributed by atoms with E-state index in [-0.39, 0.29) is 10.8 Å². The molecule has 0 saturated carbocycles. The molecule has 14 rings (SSSR count). The lowest BCUT2D eigenvalue weighted by atomic mass is 9.82. The van der Waals surface area contributed by atoms with Crippen molar-refractivity contribution in [3.63, 3.8) is 0 Å². The summed E-state index contributed by atoms with van der Waals surface area (Å²) in [5.74, 6) is 0.652. The van der Waals surface area contributed by atoms with Crippen LogP contribution in [0, 0.1) is 0 Å². The minimum absolute atomic E-state index is 0.104. The normalized spacial score (nSPS) is 14.1. The molecule has 0 radical (unpaired) electrons. The van der Waals surface area contributed by atoms with Crippen molar-refractivity contribution in [1.29, 1.82) is 0 Å². The van der Waals surface area contributed by atoms with Crippen LogP contribution in [0.2, 0.25) is 0 Å². The van der Waals surface area contributed by atoms with Gasteiger partial charge in [0.1, 0.15) is 0 Å². The Balaban J connectivity index is 1.02. The molecule has 0 saturated heterocycles. The maximum absolute atomic E-state index is 5.41. The van der Waals surface area contributed by atoms with E-state index in [1.165, 1.54) is 82.6 Å². The van der Waals surface area contributed by atoms with Gasteiger partial charge in [0.2, 0.25) is 5.95 Å². The van der Waals surface area contributed by atoms with Gasteiger partial charge in [-0.05, 0) is 122 Å². The Kier molecular flexibility index (Phi) is 8.06. The van der Waals surface area contributed by atoms with Gasteiger partial charge in [-0.15, -0.1) is 0 Å². The second-order valence-corrected chi connectivity index (χ2v) is 19.8. The fourth-order valence-corrected chi connectivity index (χ4v) is 11.9. The highest BCUT2D eigenvalue weighted by Crippen LogP contribution is 2.53. The van der Waals surface area contributed by atoms with Crippen LogP contribution in [0.4, 0.5) is 0 Å². The summed E-state index contributed by atoms with van der Waals surface area (Å²) in [6, 6.07) is 75.6. The number of hydrogen-bond donors (Lipinski definition) is 0. The highest BCUT2D eigenvalue weighted by atomic mass is 15.2. The molecular weight excluding hydrogens is 825 g/mol. The van der Waals surface area contributed by atoms with Crippen molar-refractivity contribution in [2.24, 2.45) is 0 Å². The predicted molar refractivity (Wildman–Crippen MR) is 282 cm³/mol. The zero-order valence-corrected chi connectivity index (χ0v) is 38.4. The molecule has 0 bridgehead atoms. The summed E-state index contributed by atoms with van der Waals surface area (Å²) in [6.07, 6.45) is 0. The highest BCUT2D eigenvalue weighted by Gasteiger charge is 2.38. The molecule has 0 unspecified atom stereocenters. The first-order valence-electron chi connectivity index (χ1n) is 23.7. The Morgan fingerprint density at radius 2 is 0.721 bits per heavy atom. The molecule has 4 heteroatoms. The van der Waals surface area contributed by atoms with Crippen LogP contribution in [0.1, 0.15) is 49.9 Å². The summed E-state index contributed by atoms with van der Waals surface area (Å²) >= 11 is 0. The summed E-state index contributed by atoms with van der Waals surface area (Å²) in [5, 5.41) is 4.85. The Bertz CT molecular complexity index is 4000. The highest BCUT2D eigenvalue weighted by molar-refractivity contribution is 6.15.